The third kappa shape index (κ3) is 3.43. The van der Waals surface area contributed by atoms with Crippen LogP contribution in [0.25, 0.3) is 10.8 Å². The van der Waals surface area contributed by atoms with Crippen molar-refractivity contribution in [3.63, 3.8) is 0 Å². The van der Waals surface area contributed by atoms with Crippen molar-refractivity contribution in [2.75, 3.05) is 0 Å². The van der Waals surface area contributed by atoms with Crippen LogP contribution in [0.3, 0.4) is 0 Å². The van der Waals surface area contributed by atoms with Crippen LogP contribution < -0.4 is 0 Å². The highest BCUT2D eigenvalue weighted by atomic mass is 32.1. The predicted octanol–water partition coefficient (Wildman–Crippen LogP) is 5.20. The van der Waals surface area contributed by atoms with E-state index in [-0.39, 0.29) is 0 Å². The lowest BCUT2D eigenvalue weighted by Gasteiger charge is -1.90. The molecule has 0 nitrogen and oxygen atoms in total. The Morgan fingerprint density at radius 3 is 1.65 bits per heavy atom. The maximum atomic E-state index is 2.17. The van der Waals surface area contributed by atoms with Crippen molar-refractivity contribution in [1.82, 2.24) is 0 Å². The maximum Gasteiger partial charge on any atom is -0.00145 e. The average Bonchev–Trinajstić information content (AvgIpc) is 2.77. The zero-order valence-corrected chi connectivity index (χ0v) is 11.0. The lowest BCUT2D eigenvalue weighted by Crippen LogP contribution is -1.71. The van der Waals surface area contributed by atoms with Crippen LogP contribution in [0.2, 0.25) is 0 Å². The van der Waals surface area contributed by atoms with Gasteiger partial charge in [0.25, 0.3) is 0 Å². The van der Waals surface area contributed by atoms with E-state index >= 15 is 0 Å². The normalized spacial score (nSPS) is 9.76. The summed E-state index contributed by atoms with van der Waals surface area (Å²) in [7, 11) is 0. The van der Waals surface area contributed by atoms with Crippen LogP contribution in [-0.2, 0) is 0 Å². The van der Waals surface area contributed by atoms with E-state index < -0.39 is 0 Å². The molecule has 3 aromatic rings. The van der Waals surface area contributed by atoms with Gasteiger partial charge in [0, 0.05) is 0 Å². The van der Waals surface area contributed by atoms with E-state index in [1.165, 1.54) is 21.9 Å². The summed E-state index contributed by atoms with van der Waals surface area (Å²) in [4.78, 5) is 0. The summed E-state index contributed by atoms with van der Waals surface area (Å²) in [6.07, 6.45) is 0. The van der Waals surface area contributed by atoms with Crippen LogP contribution in [0, 0.1) is 13.8 Å². The molecule has 0 radical (unpaired) electrons. The molecule has 0 fully saturated rings. The first-order chi connectivity index (χ1) is 8.25. The third-order valence-corrected chi connectivity index (χ3v) is 3.34. The molecule has 0 aliphatic heterocycles. The smallest absolute Gasteiger partial charge is 0.00145 e. The van der Waals surface area contributed by atoms with Crippen LogP contribution >= 0.6 is 11.3 Å². The first-order valence-corrected chi connectivity index (χ1v) is 6.64. The van der Waals surface area contributed by atoms with E-state index in [0.717, 1.165) is 0 Å². The quantitative estimate of drug-likeness (QED) is 0.506. The van der Waals surface area contributed by atoms with Crippen molar-refractivity contribution in [2.45, 2.75) is 13.8 Å². The monoisotopic (exact) mass is 240 g/mol. The van der Waals surface area contributed by atoms with Gasteiger partial charge in [-0.15, -0.1) is 0 Å². The first-order valence-electron chi connectivity index (χ1n) is 5.70. The molecule has 0 saturated carbocycles. The predicted molar refractivity (Wildman–Crippen MR) is 77.7 cm³/mol. The molecular formula is C16H16S. The second-order valence-electron chi connectivity index (χ2n) is 4.16. The highest BCUT2D eigenvalue weighted by Gasteiger charge is 1.87. The van der Waals surface area contributed by atoms with Gasteiger partial charge in [0.15, 0.2) is 0 Å². The van der Waals surface area contributed by atoms with E-state index in [1.54, 1.807) is 11.3 Å². The molecular weight excluding hydrogens is 224 g/mol. The molecule has 0 spiro atoms. The molecule has 17 heavy (non-hydrogen) atoms. The molecule has 0 saturated heterocycles. The lowest BCUT2D eigenvalue weighted by atomic mass is 10.2. The SMILES string of the molecule is Cc1cccc(C)c1.c1ccc2cscc2c1. The molecule has 0 bridgehead atoms. The third-order valence-electron chi connectivity index (χ3n) is 2.56. The fraction of sp³-hybridized carbons (Fsp3) is 0.125. The number of thiophene rings is 1. The summed E-state index contributed by atoms with van der Waals surface area (Å²) in [5.74, 6) is 0. The molecule has 86 valence electrons. The second-order valence-corrected chi connectivity index (χ2v) is 4.90. The standard InChI is InChI=1S/C8H6S.C8H10/c1-2-4-8-6-9-5-7(8)3-1;1-7-4-3-5-8(2)6-7/h1-6H;3-6H,1-2H3. The Kier molecular flexibility index (Phi) is 3.94. The van der Waals surface area contributed by atoms with Crippen LogP contribution in [0.1, 0.15) is 11.1 Å². The van der Waals surface area contributed by atoms with Gasteiger partial charge in [0.05, 0.1) is 0 Å². The van der Waals surface area contributed by atoms with Gasteiger partial charge in [-0.25, -0.2) is 0 Å². The number of benzene rings is 2. The van der Waals surface area contributed by atoms with Gasteiger partial charge in [-0.2, -0.15) is 11.3 Å². The minimum absolute atomic E-state index is 1.34. The van der Waals surface area contributed by atoms with Gasteiger partial charge >= 0.3 is 0 Å². The number of hydrogen-bond donors (Lipinski definition) is 0. The minimum Gasteiger partial charge on any atom is -0.151 e. The van der Waals surface area contributed by atoms with E-state index in [2.05, 4.69) is 73.1 Å². The van der Waals surface area contributed by atoms with Crippen LogP contribution in [0.15, 0.2) is 59.3 Å². The molecule has 3 rings (SSSR count). The van der Waals surface area contributed by atoms with Crippen molar-refractivity contribution < 1.29 is 0 Å². The van der Waals surface area contributed by atoms with Crippen molar-refractivity contribution >= 4 is 22.1 Å². The lowest BCUT2D eigenvalue weighted by molar-refractivity contribution is 1.39. The Balaban J connectivity index is 0.000000128. The Hall–Kier alpha value is -1.60. The van der Waals surface area contributed by atoms with Crippen LogP contribution in [-0.4, -0.2) is 0 Å². The van der Waals surface area contributed by atoms with E-state index in [9.17, 15) is 0 Å². The molecule has 1 heterocycles. The van der Waals surface area contributed by atoms with Gasteiger partial charge < -0.3 is 0 Å². The minimum atomic E-state index is 1.34. The Morgan fingerprint density at radius 1 is 0.706 bits per heavy atom. The summed E-state index contributed by atoms with van der Waals surface area (Å²) in [5.41, 5.74) is 2.68. The van der Waals surface area contributed by atoms with E-state index in [4.69, 9.17) is 0 Å². The van der Waals surface area contributed by atoms with E-state index in [0.29, 0.717) is 0 Å². The fourth-order valence-electron chi connectivity index (χ4n) is 1.71. The zero-order valence-electron chi connectivity index (χ0n) is 10.2. The van der Waals surface area contributed by atoms with E-state index in [1.807, 2.05) is 0 Å². The molecule has 0 amide bonds. The number of rotatable bonds is 0. The van der Waals surface area contributed by atoms with Gasteiger partial charge in [0.1, 0.15) is 0 Å². The molecule has 0 aliphatic carbocycles. The Labute approximate surface area is 107 Å². The highest BCUT2D eigenvalue weighted by molar-refractivity contribution is 7.09. The summed E-state index contributed by atoms with van der Waals surface area (Å²) >= 11 is 1.75. The average molecular weight is 240 g/mol. The number of fused-ring (bicyclic) bond motifs is 1. The van der Waals surface area contributed by atoms with Gasteiger partial charge in [-0.05, 0) is 35.4 Å². The Bertz CT molecular complexity index is 546. The van der Waals surface area contributed by atoms with Crippen molar-refractivity contribution in [3.05, 3.63) is 70.4 Å². The Morgan fingerprint density at radius 2 is 1.24 bits per heavy atom. The van der Waals surface area contributed by atoms with Crippen LogP contribution in [0.5, 0.6) is 0 Å². The summed E-state index contributed by atoms with van der Waals surface area (Å²) in [5, 5.41) is 7.02. The van der Waals surface area contributed by atoms with Crippen molar-refractivity contribution in [3.8, 4) is 0 Å². The summed E-state index contributed by atoms with van der Waals surface area (Å²) in [6, 6.07) is 16.8. The van der Waals surface area contributed by atoms with Gasteiger partial charge in [-0.1, -0.05) is 59.7 Å². The number of hydrogen-bond acceptors (Lipinski definition) is 1. The van der Waals surface area contributed by atoms with Crippen molar-refractivity contribution in [1.29, 1.82) is 0 Å². The second kappa shape index (κ2) is 5.65. The summed E-state index contributed by atoms with van der Waals surface area (Å²) < 4.78 is 0. The van der Waals surface area contributed by atoms with Gasteiger partial charge in [0.2, 0.25) is 0 Å². The molecule has 0 atom stereocenters. The molecule has 0 N–H and O–H groups in total. The molecule has 1 heteroatoms. The summed E-state index contributed by atoms with van der Waals surface area (Å²) in [6.45, 7) is 4.21. The molecule has 1 aromatic heterocycles. The van der Waals surface area contributed by atoms with Gasteiger partial charge in [-0.3, -0.25) is 0 Å². The maximum absolute atomic E-state index is 2.17. The van der Waals surface area contributed by atoms with Crippen molar-refractivity contribution in [2.24, 2.45) is 0 Å². The highest BCUT2D eigenvalue weighted by Crippen LogP contribution is 2.17. The first kappa shape index (κ1) is 11.9. The molecule has 0 aliphatic rings. The molecule has 0 unspecified atom stereocenters. The number of aryl methyl sites for hydroxylation is 2. The fourth-order valence-corrected chi connectivity index (χ4v) is 2.50. The van der Waals surface area contributed by atoms with Crippen LogP contribution in [0.4, 0.5) is 0 Å². The topological polar surface area (TPSA) is 0 Å². The largest absolute Gasteiger partial charge is 0.151 e. The zero-order chi connectivity index (χ0) is 12.1. The molecule has 2 aromatic carbocycles.